The van der Waals surface area contributed by atoms with E-state index in [0.717, 1.165) is 11.1 Å². The van der Waals surface area contributed by atoms with Gasteiger partial charge in [0.15, 0.2) is 11.6 Å². The molecule has 0 spiro atoms. The fourth-order valence-electron chi connectivity index (χ4n) is 5.17. The molecular weight excluding hydrogens is 578 g/mol. The van der Waals surface area contributed by atoms with Crippen molar-refractivity contribution < 1.29 is 19.4 Å². The average Bonchev–Trinajstić information content (AvgIpc) is 3.43. The molecule has 0 aromatic heterocycles. The molecule has 0 unspecified atom stereocenters. The first kappa shape index (κ1) is 30.6. The van der Waals surface area contributed by atoms with Crippen molar-refractivity contribution in [1.29, 1.82) is 0 Å². The van der Waals surface area contributed by atoms with Crippen molar-refractivity contribution in [3.05, 3.63) is 141 Å². The van der Waals surface area contributed by atoms with Crippen LogP contribution in [0.1, 0.15) is 34.8 Å². The normalized spacial score (nSPS) is 17.2. The molecule has 10 heteroatoms. The molecule has 0 aliphatic carbocycles. The second kappa shape index (κ2) is 14.6. The molecule has 1 heterocycles. The molecular formula is C34H32ClN5O4. The van der Waals surface area contributed by atoms with Crippen LogP contribution in [-0.4, -0.2) is 42.2 Å². The smallest absolute Gasteiger partial charge is 0.252 e. The zero-order valence-electron chi connectivity index (χ0n) is 24.0. The molecule has 0 saturated heterocycles. The van der Waals surface area contributed by atoms with Gasteiger partial charge in [-0.05, 0) is 65.0 Å². The summed E-state index contributed by atoms with van der Waals surface area (Å²) in [5.41, 5.74) is 11.3. The number of aliphatic hydroxyl groups excluding tert-OH is 1. The zero-order chi connectivity index (χ0) is 30.8. The van der Waals surface area contributed by atoms with E-state index in [4.69, 9.17) is 31.2 Å². The Morgan fingerprint density at radius 3 is 2.57 bits per heavy atom. The number of hydrogen-bond donors (Lipinski definition) is 2. The lowest BCUT2D eigenvalue weighted by atomic mass is 9.81. The van der Waals surface area contributed by atoms with Crippen molar-refractivity contribution in [2.75, 3.05) is 19.8 Å². The van der Waals surface area contributed by atoms with Crippen LogP contribution >= 0.6 is 11.6 Å². The minimum atomic E-state index is -1.43. The Balaban J connectivity index is 1.54. The number of amides is 1. The number of benzene rings is 4. The first-order valence-corrected chi connectivity index (χ1v) is 14.7. The quantitative estimate of drug-likeness (QED) is 0.0739. The minimum Gasteiger partial charge on any atom is -0.494 e. The summed E-state index contributed by atoms with van der Waals surface area (Å²) in [6, 6.07) is 31.5. The molecule has 0 radical (unpaired) electrons. The highest BCUT2D eigenvalue weighted by atomic mass is 35.5. The molecule has 0 saturated carbocycles. The Morgan fingerprint density at radius 2 is 1.82 bits per heavy atom. The molecule has 44 heavy (non-hydrogen) atoms. The van der Waals surface area contributed by atoms with Crippen molar-refractivity contribution in [2.24, 2.45) is 10.1 Å². The number of halogens is 1. The second-order valence-electron chi connectivity index (χ2n) is 10.3. The number of nitrogens with one attached hydrogen (secondary N) is 1. The highest BCUT2D eigenvalue weighted by molar-refractivity contribution is 6.30. The molecule has 1 aliphatic rings. The van der Waals surface area contributed by atoms with Crippen LogP contribution in [0.15, 0.2) is 113 Å². The van der Waals surface area contributed by atoms with Gasteiger partial charge in [-0.25, -0.2) is 4.99 Å². The van der Waals surface area contributed by atoms with Gasteiger partial charge in [0.1, 0.15) is 5.75 Å². The van der Waals surface area contributed by atoms with Gasteiger partial charge in [0.05, 0.1) is 6.61 Å². The number of rotatable bonds is 13. The van der Waals surface area contributed by atoms with Gasteiger partial charge in [0, 0.05) is 47.2 Å². The molecule has 1 aliphatic heterocycles. The van der Waals surface area contributed by atoms with Gasteiger partial charge in [-0.3, -0.25) is 4.79 Å². The summed E-state index contributed by atoms with van der Waals surface area (Å²) in [7, 11) is 0. The molecule has 9 nitrogen and oxygen atoms in total. The SMILES string of the molecule is [N-]=[N+]=Nc1ccccc1C[C@@]1(C(=O)NCCc2cccc(Cl)c2)N=C(c2ccc(OCCCO)cc2)O[C@@H]1c1ccccc1. The highest BCUT2D eigenvalue weighted by Crippen LogP contribution is 2.43. The van der Waals surface area contributed by atoms with Crippen molar-refractivity contribution in [2.45, 2.75) is 30.9 Å². The molecule has 224 valence electrons. The minimum absolute atomic E-state index is 0.0512. The maximum absolute atomic E-state index is 14.4. The van der Waals surface area contributed by atoms with E-state index >= 15 is 0 Å². The lowest BCUT2D eigenvalue weighted by Crippen LogP contribution is -2.50. The standard InChI is InChI=1S/C34H32ClN5O4/c35-28-12-6-8-24(22-28)18-19-37-33(42)34(23-27-11-4-5-13-30(27)39-40-36)31(25-9-2-1-3-10-25)44-32(38-34)26-14-16-29(17-15-26)43-21-7-20-41/h1-6,8-17,22,31,41H,7,18-21,23H2,(H,37,42)/t31-,34-/m1/s1. The van der Waals surface area contributed by atoms with Crippen molar-refractivity contribution in [3.8, 4) is 5.75 Å². The van der Waals surface area contributed by atoms with E-state index in [9.17, 15) is 10.3 Å². The lowest BCUT2D eigenvalue weighted by molar-refractivity contribution is -0.128. The maximum atomic E-state index is 14.4. The molecule has 0 fully saturated rings. The van der Waals surface area contributed by atoms with Gasteiger partial charge in [-0.15, -0.1) is 0 Å². The van der Waals surface area contributed by atoms with E-state index in [1.807, 2.05) is 78.9 Å². The number of carbonyl (C=O) groups is 1. The van der Waals surface area contributed by atoms with E-state index in [-0.39, 0.29) is 18.9 Å². The van der Waals surface area contributed by atoms with Gasteiger partial charge in [-0.2, -0.15) is 0 Å². The van der Waals surface area contributed by atoms with Crippen molar-refractivity contribution in [3.63, 3.8) is 0 Å². The van der Waals surface area contributed by atoms with Crippen LogP contribution in [0.4, 0.5) is 5.69 Å². The van der Waals surface area contributed by atoms with E-state index in [1.165, 1.54) is 0 Å². The molecule has 2 atom stereocenters. The van der Waals surface area contributed by atoms with Crippen LogP contribution in [0.2, 0.25) is 5.02 Å². The van der Waals surface area contributed by atoms with Gasteiger partial charge in [0.25, 0.3) is 5.91 Å². The monoisotopic (exact) mass is 609 g/mol. The van der Waals surface area contributed by atoms with Crippen LogP contribution in [-0.2, 0) is 22.4 Å². The number of aliphatic hydroxyl groups is 1. The van der Waals surface area contributed by atoms with Crippen molar-refractivity contribution >= 4 is 29.1 Å². The first-order valence-electron chi connectivity index (χ1n) is 14.3. The molecule has 1 amide bonds. The molecule has 4 aromatic rings. The van der Waals surface area contributed by atoms with Gasteiger partial charge in [0.2, 0.25) is 5.90 Å². The van der Waals surface area contributed by atoms with E-state index < -0.39 is 11.6 Å². The number of azide groups is 1. The Morgan fingerprint density at radius 1 is 1.05 bits per heavy atom. The Bertz CT molecular complexity index is 1660. The van der Waals surface area contributed by atoms with Crippen LogP contribution in [0.3, 0.4) is 0 Å². The van der Waals surface area contributed by atoms with Crippen LogP contribution < -0.4 is 10.1 Å². The van der Waals surface area contributed by atoms with Gasteiger partial charge < -0.3 is 19.9 Å². The topological polar surface area (TPSA) is 129 Å². The summed E-state index contributed by atoms with van der Waals surface area (Å²) in [5, 5.41) is 16.7. The molecule has 0 bridgehead atoms. The Kier molecular flexibility index (Phi) is 10.1. The third-order valence-corrected chi connectivity index (χ3v) is 7.56. The lowest BCUT2D eigenvalue weighted by Gasteiger charge is -2.31. The number of carbonyl (C=O) groups excluding carboxylic acids is 1. The third kappa shape index (κ3) is 7.21. The number of nitrogens with zero attached hydrogens (tertiary/aromatic N) is 4. The summed E-state index contributed by atoms with van der Waals surface area (Å²) in [6.45, 7) is 0.799. The predicted octanol–water partition coefficient (Wildman–Crippen LogP) is 6.90. The molecule has 5 rings (SSSR count). The fourth-order valence-corrected chi connectivity index (χ4v) is 5.39. The third-order valence-electron chi connectivity index (χ3n) is 7.32. The summed E-state index contributed by atoms with van der Waals surface area (Å²) < 4.78 is 12.2. The van der Waals surface area contributed by atoms with E-state index in [0.29, 0.717) is 59.5 Å². The summed E-state index contributed by atoms with van der Waals surface area (Å²) in [6.07, 6.45) is 0.451. The predicted molar refractivity (Wildman–Crippen MR) is 170 cm³/mol. The number of ether oxygens (including phenoxy) is 2. The van der Waals surface area contributed by atoms with Gasteiger partial charge >= 0.3 is 0 Å². The van der Waals surface area contributed by atoms with E-state index in [1.54, 1.807) is 24.3 Å². The summed E-state index contributed by atoms with van der Waals surface area (Å²) in [4.78, 5) is 22.4. The number of hydrogen-bond acceptors (Lipinski definition) is 6. The second-order valence-corrected chi connectivity index (χ2v) is 10.8. The summed E-state index contributed by atoms with van der Waals surface area (Å²) >= 11 is 6.17. The Labute approximate surface area is 260 Å². The molecule has 4 aromatic carbocycles. The Hall–Kier alpha value is -4.82. The van der Waals surface area contributed by atoms with Crippen LogP contribution in [0.5, 0.6) is 5.75 Å². The van der Waals surface area contributed by atoms with Crippen LogP contribution in [0.25, 0.3) is 10.4 Å². The van der Waals surface area contributed by atoms with E-state index in [2.05, 4.69) is 15.3 Å². The van der Waals surface area contributed by atoms with Crippen molar-refractivity contribution in [1.82, 2.24) is 5.32 Å². The summed E-state index contributed by atoms with van der Waals surface area (Å²) in [5.74, 6) is 0.642. The first-order chi connectivity index (χ1) is 21.5. The molecule has 2 N–H and O–H groups in total. The average molecular weight is 610 g/mol. The largest absolute Gasteiger partial charge is 0.494 e. The maximum Gasteiger partial charge on any atom is 0.252 e. The van der Waals surface area contributed by atoms with Crippen LogP contribution in [0, 0.1) is 0 Å². The highest BCUT2D eigenvalue weighted by Gasteiger charge is 2.53. The fraction of sp³-hybridized carbons (Fsp3) is 0.235. The number of aliphatic imine (C=N–C) groups is 1. The zero-order valence-corrected chi connectivity index (χ0v) is 24.7. The van der Waals surface area contributed by atoms with Gasteiger partial charge in [-0.1, -0.05) is 83.4 Å².